The molecular formula is C16H19NaO2. The molecular weight excluding hydrogens is 247 g/mol. The van der Waals surface area contributed by atoms with Gasteiger partial charge in [0.05, 0.1) is 26.4 Å². The van der Waals surface area contributed by atoms with Crippen LogP contribution in [0.1, 0.15) is 1.43 Å². The van der Waals surface area contributed by atoms with Gasteiger partial charge in [0.1, 0.15) is 0 Å². The Morgan fingerprint density at radius 3 is 1.16 bits per heavy atom. The van der Waals surface area contributed by atoms with Crippen molar-refractivity contribution in [2.75, 3.05) is 26.4 Å². The van der Waals surface area contributed by atoms with E-state index in [0.29, 0.717) is 0 Å². The number of ether oxygens (including phenoxy) is 2. The van der Waals surface area contributed by atoms with Crippen LogP contribution in [0.5, 0.6) is 0 Å². The van der Waals surface area contributed by atoms with Crippen molar-refractivity contribution in [2.24, 2.45) is 0 Å². The second-order valence-electron chi connectivity index (χ2n) is 3.96. The fourth-order valence-electron chi connectivity index (χ4n) is 1.70. The molecule has 0 saturated carbocycles. The van der Waals surface area contributed by atoms with E-state index in [1.165, 1.54) is 11.1 Å². The summed E-state index contributed by atoms with van der Waals surface area (Å²) in [6.45, 7) is 3.11. The second-order valence-corrected chi connectivity index (χ2v) is 3.96. The Labute approximate surface area is 138 Å². The maximum Gasteiger partial charge on any atom is 1.00 e. The van der Waals surface area contributed by atoms with Crippen LogP contribution in [0.25, 0.3) is 11.1 Å². The molecule has 3 heteroatoms. The van der Waals surface area contributed by atoms with E-state index in [-0.39, 0.29) is 31.0 Å². The van der Waals surface area contributed by atoms with Gasteiger partial charge >= 0.3 is 29.6 Å². The van der Waals surface area contributed by atoms with Gasteiger partial charge < -0.3 is 10.9 Å². The molecule has 0 N–H and O–H groups in total. The SMILES string of the molecule is C1COCCO1.[H-].[Na+].c1ccc(-c2ccccc2)cc1. The molecule has 1 heterocycles. The zero-order chi connectivity index (χ0) is 12.5. The number of benzene rings is 2. The van der Waals surface area contributed by atoms with E-state index in [2.05, 4.69) is 48.5 Å². The third kappa shape index (κ3) is 6.37. The van der Waals surface area contributed by atoms with Gasteiger partial charge in [-0.05, 0) is 11.1 Å². The predicted octanol–water partition coefficient (Wildman–Crippen LogP) is 0.503. The summed E-state index contributed by atoms with van der Waals surface area (Å²) in [6.07, 6.45) is 0. The van der Waals surface area contributed by atoms with Gasteiger partial charge in [-0.25, -0.2) is 0 Å². The summed E-state index contributed by atoms with van der Waals surface area (Å²) >= 11 is 0. The molecule has 19 heavy (non-hydrogen) atoms. The van der Waals surface area contributed by atoms with E-state index < -0.39 is 0 Å². The van der Waals surface area contributed by atoms with Crippen LogP contribution in [-0.4, -0.2) is 26.4 Å². The minimum absolute atomic E-state index is 0. The van der Waals surface area contributed by atoms with Crippen LogP contribution in [0.15, 0.2) is 60.7 Å². The Morgan fingerprint density at radius 1 is 0.579 bits per heavy atom. The summed E-state index contributed by atoms with van der Waals surface area (Å²) in [7, 11) is 0. The molecule has 0 aliphatic carbocycles. The Hall–Kier alpha value is -0.640. The van der Waals surface area contributed by atoms with Gasteiger partial charge in [0, 0.05) is 0 Å². The molecule has 2 nitrogen and oxygen atoms in total. The quantitative estimate of drug-likeness (QED) is 0.700. The van der Waals surface area contributed by atoms with Crippen molar-refractivity contribution >= 4 is 0 Å². The first-order valence-electron chi connectivity index (χ1n) is 6.23. The molecule has 0 bridgehead atoms. The fourth-order valence-corrected chi connectivity index (χ4v) is 1.70. The molecule has 0 spiro atoms. The monoisotopic (exact) mass is 266 g/mol. The number of hydrogen-bond acceptors (Lipinski definition) is 2. The van der Waals surface area contributed by atoms with Gasteiger partial charge in [-0.1, -0.05) is 60.7 Å². The van der Waals surface area contributed by atoms with E-state index in [9.17, 15) is 0 Å². The van der Waals surface area contributed by atoms with Crippen LogP contribution in [0.2, 0.25) is 0 Å². The van der Waals surface area contributed by atoms with Gasteiger partial charge in [-0.15, -0.1) is 0 Å². The summed E-state index contributed by atoms with van der Waals surface area (Å²) in [6, 6.07) is 20.8. The standard InChI is InChI=1S/C12H10.C4H8O2.Na.H/c1-3-7-11(8-4-1)12-9-5-2-6-10-12;1-2-6-4-3-5-1;;/h1-10H;1-4H2;;/q;;+1;-1. The smallest absolute Gasteiger partial charge is 1.00 e. The van der Waals surface area contributed by atoms with Gasteiger partial charge in [0.25, 0.3) is 0 Å². The molecule has 0 amide bonds. The first-order chi connectivity index (χ1) is 8.97. The van der Waals surface area contributed by atoms with Crippen molar-refractivity contribution in [1.82, 2.24) is 0 Å². The van der Waals surface area contributed by atoms with Crippen molar-refractivity contribution in [3.63, 3.8) is 0 Å². The van der Waals surface area contributed by atoms with Gasteiger partial charge in [0.2, 0.25) is 0 Å². The Balaban J connectivity index is 0.000000390. The van der Waals surface area contributed by atoms with Gasteiger partial charge in [0.15, 0.2) is 0 Å². The minimum atomic E-state index is 0. The Morgan fingerprint density at radius 2 is 0.895 bits per heavy atom. The molecule has 96 valence electrons. The molecule has 0 radical (unpaired) electrons. The number of hydrogen-bond donors (Lipinski definition) is 0. The molecule has 0 unspecified atom stereocenters. The van der Waals surface area contributed by atoms with Crippen LogP contribution in [0.4, 0.5) is 0 Å². The minimum Gasteiger partial charge on any atom is -1.00 e. The average molecular weight is 266 g/mol. The molecule has 3 rings (SSSR count). The summed E-state index contributed by atoms with van der Waals surface area (Å²) in [5.74, 6) is 0. The Bertz CT molecular complexity index is 384. The largest absolute Gasteiger partial charge is 1.00 e. The van der Waals surface area contributed by atoms with Crippen molar-refractivity contribution in [3.8, 4) is 11.1 Å². The van der Waals surface area contributed by atoms with Crippen LogP contribution in [0.3, 0.4) is 0 Å². The van der Waals surface area contributed by atoms with Crippen molar-refractivity contribution in [1.29, 1.82) is 0 Å². The van der Waals surface area contributed by atoms with E-state index in [4.69, 9.17) is 9.47 Å². The average Bonchev–Trinajstić information content (AvgIpc) is 2.51. The summed E-state index contributed by atoms with van der Waals surface area (Å²) in [5.41, 5.74) is 2.55. The second kappa shape index (κ2) is 10.2. The fraction of sp³-hybridized carbons (Fsp3) is 0.250. The normalized spacial score (nSPS) is 13.7. The van der Waals surface area contributed by atoms with Crippen LogP contribution in [-0.2, 0) is 9.47 Å². The van der Waals surface area contributed by atoms with E-state index in [1.807, 2.05) is 12.1 Å². The van der Waals surface area contributed by atoms with Crippen molar-refractivity contribution < 1.29 is 40.5 Å². The zero-order valence-corrected chi connectivity index (χ0v) is 13.4. The van der Waals surface area contributed by atoms with Crippen LogP contribution in [0, 0.1) is 0 Å². The topological polar surface area (TPSA) is 18.5 Å². The summed E-state index contributed by atoms with van der Waals surface area (Å²) in [5, 5.41) is 0. The first-order valence-corrected chi connectivity index (χ1v) is 6.23. The maximum absolute atomic E-state index is 4.94. The first kappa shape index (κ1) is 16.4. The predicted molar refractivity (Wildman–Crippen MR) is 74.6 cm³/mol. The third-order valence-electron chi connectivity index (χ3n) is 2.62. The molecule has 1 aliphatic rings. The Kier molecular flexibility index (Phi) is 8.80. The summed E-state index contributed by atoms with van der Waals surface area (Å²) in [4.78, 5) is 0. The molecule has 1 aliphatic heterocycles. The van der Waals surface area contributed by atoms with Crippen molar-refractivity contribution in [3.05, 3.63) is 60.7 Å². The van der Waals surface area contributed by atoms with Crippen molar-refractivity contribution in [2.45, 2.75) is 0 Å². The molecule has 2 aromatic carbocycles. The summed E-state index contributed by atoms with van der Waals surface area (Å²) < 4.78 is 9.89. The van der Waals surface area contributed by atoms with E-state index in [0.717, 1.165) is 26.4 Å². The molecule has 0 atom stereocenters. The van der Waals surface area contributed by atoms with Crippen LogP contribution < -0.4 is 29.6 Å². The number of rotatable bonds is 1. The third-order valence-corrected chi connectivity index (χ3v) is 2.62. The van der Waals surface area contributed by atoms with Gasteiger partial charge in [-0.3, -0.25) is 0 Å². The van der Waals surface area contributed by atoms with E-state index in [1.54, 1.807) is 0 Å². The zero-order valence-electron chi connectivity index (χ0n) is 12.4. The molecule has 0 aromatic heterocycles. The maximum atomic E-state index is 4.94. The van der Waals surface area contributed by atoms with Crippen LogP contribution >= 0.6 is 0 Å². The van der Waals surface area contributed by atoms with E-state index >= 15 is 0 Å². The van der Waals surface area contributed by atoms with Gasteiger partial charge in [-0.2, -0.15) is 0 Å². The molecule has 2 aromatic rings. The molecule has 1 fully saturated rings. The molecule has 1 saturated heterocycles.